The number of hydrogen-bond donors (Lipinski definition) is 3. The lowest BCUT2D eigenvalue weighted by atomic mass is 10.4. The van der Waals surface area contributed by atoms with E-state index >= 15 is 0 Å². The number of H-pyrrole nitrogens is 1. The Morgan fingerprint density at radius 3 is 2.76 bits per heavy atom. The number of nitrogens with zero attached hydrogens (tertiary/aromatic N) is 3. The van der Waals surface area contributed by atoms with E-state index < -0.39 is 16.1 Å². The zero-order chi connectivity index (χ0) is 12.7. The summed E-state index contributed by atoms with van der Waals surface area (Å²) in [5, 5.41) is 16.1. The van der Waals surface area contributed by atoms with Crippen molar-refractivity contribution in [2.24, 2.45) is 0 Å². The average Bonchev–Trinajstić information content (AvgIpc) is 2.77. The van der Waals surface area contributed by atoms with Gasteiger partial charge in [-0.2, -0.15) is 5.21 Å². The van der Waals surface area contributed by atoms with Gasteiger partial charge in [-0.1, -0.05) is 12.1 Å². The van der Waals surface area contributed by atoms with Crippen molar-refractivity contribution < 1.29 is 8.42 Å². The minimum Gasteiger partial charge on any atom is -0.316 e. The number of rotatable bonds is 8. The SMILES string of the molecule is CCCNCCS(=O)(=O)NC(C)c1nn[nH]n1. The van der Waals surface area contributed by atoms with Crippen molar-refractivity contribution in [2.45, 2.75) is 26.3 Å². The normalized spacial score (nSPS) is 13.8. The van der Waals surface area contributed by atoms with Gasteiger partial charge in [0.15, 0.2) is 5.82 Å². The Kier molecular flexibility index (Phi) is 5.45. The smallest absolute Gasteiger partial charge is 0.213 e. The summed E-state index contributed by atoms with van der Waals surface area (Å²) in [5.41, 5.74) is 0. The maximum atomic E-state index is 11.7. The first-order chi connectivity index (χ1) is 8.05. The zero-order valence-corrected chi connectivity index (χ0v) is 10.8. The first-order valence-electron chi connectivity index (χ1n) is 5.49. The van der Waals surface area contributed by atoms with Gasteiger partial charge in [-0.05, 0) is 19.9 Å². The van der Waals surface area contributed by atoms with Crippen molar-refractivity contribution in [3.8, 4) is 0 Å². The fourth-order valence-corrected chi connectivity index (χ4v) is 2.42. The molecular weight excluding hydrogens is 244 g/mol. The molecule has 98 valence electrons. The minimum atomic E-state index is -3.32. The Bertz CT molecular complexity index is 404. The van der Waals surface area contributed by atoms with E-state index in [0.29, 0.717) is 12.4 Å². The van der Waals surface area contributed by atoms with Crippen LogP contribution in [-0.4, -0.2) is 47.9 Å². The lowest BCUT2D eigenvalue weighted by Crippen LogP contribution is -2.34. The third-order valence-electron chi connectivity index (χ3n) is 2.08. The Labute approximate surface area is 101 Å². The first kappa shape index (κ1) is 14.0. The van der Waals surface area contributed by atoms with E-state index in [1.54, 1.807) is 6.92 Å². The van der Waals surface area contributed by atoms with Gasteiger partial charge in [0.05, 0.1) is 11.8 Å². The number of tetrazole rings is 1. The van der Waals surface area contributed by atoms with E-state index in [4.69, 9.17) is 0 Å². The number of nitrogens with one attached hydrogen (secondary N) is 3. The minimum absolute atomic E-state index is 0.0369. The zero-order valence-electron chi connectivity index (χ0n) is 9.97. The molecule has 0 radical (unpaired) electrons. The number of aromatic amines is 1. The second kappa shape index (κ2) is 6.62. The van der Waals surface area contributed by atoms with Crippen LogP contribution in [0.3, 0.4) is 0 Å². The fraction of sp³-hybridized carbons (Fsp3) is 0.875. The maximum Gasteiger partial charge on any atom is 0.213 e. The van der Waals surface area contributed by atoms with Crippen LogP contribution in [0.5, 0.6) is 0 Å². The molecule has 8 nitrogen and oxygen atoms in total. The molecule has 0 aromatic carbocycles. The molecule has 1 aromatic heterocycles. The molecule has 0 aliphatic heterocycles. The number of sulfonamides is 1. The van der Waals surface area contributed by atoms with Crippen molar-refractivity contribution in [3.05, 3.63) is 5.82 Å². The van der Waals surface area contributed by atoms with Crippen molar-refractivity contribution in [1.29, 1.82) is 0 Å². The largest absolute Gasteiger partial charge is 0.316 e. The Balaban J connectivity index is 2.38. The summed E-state index contributed by atoms with van der Waals surface area (Å²) in [6.07, 6.45) is 0.979. The van der Waals surface area contributed by atoms with Crippen LogP contribution in [0.15, 0.2) is 0 Å². The Hall–Kier alpha value is -1.06. The molecule has 1 atom stereocenters. The Morgan fingerprint density at radius 1 is 1.41 bits per heavy atom. The Morgan fingerprint density at radius 2 is 2.18 bits per heavy atom. The van der Waals surface area contributed by atoms with Gasteiger partial charge in [-0.25, -0.2) is 13.1 Å². The van der Waals surface area contributed by atoms with Crippen LogP contribution in [0.25, 0.3) is 0 Å². The average molecular weight is 262 g/mol. The monoisotopic (exact) mass is 262 g/mol. The van der Waals surface area contributed by atoms with Crippen molar-refractivity contribution in [3.63, 3.8) is 0 Å². The van der Waals surface area contributed by atoms with Crippen molar-refractivity contribution in [2.75, 3.05) is 18.8 Å². The molecule has 0 saturated carbocycles. The molecule has 1 unspecified atom stereocenters. The molecule has 0 amide bonds. The van der Waals surface area contributed by atoms with E-state index in [-0.39, 0.29) is 5.75 Å². The lowest BCUT2D eigenvalue weighted by molar-refractivity contribution is 0.556. The predicted octanol–water partition coefficient (Wildman–Crippen LogP) is -0.820. The highest BCUT2D eigenvalue weighted by Gasteiger charge is 2.18. The van der Waals surface area contributed by atoms with Crippen LogP contribution >= 0.6 is 0 Å². The maximum absolute atomic E-state index is 11.7. The highest BCUT2D eigenvalue weighted by molar-refractivity contribution is 7.89. The second-order valence-electron chi connectivity index (χ2n) is 3.68. The fourth-order valence-electron chi connectivity index (χ4n) is 1.24. The van der Waals surface area contributed by atoms with E-state index in [1.165, 1.54) is 0 Å². The second-order valence-corrected chi connectivity index (χ2v) is 5.55. The van der Waals surface area contributed by atoms with Crippen LogP contribution in [0.4, 0.5) is 0 Å². The van der Waals surface area contributed by atoms with E-state index in [1.807, 2.05) is 6.92 Å². The molecule has 1 heterocycles. The molecule has 0 saturated heterocycles. The quantitative estimate of drug-likeness (QED) is 0.528. The van der Waals surface area contributed by atoms with Gasteiger partial charge in [-0.3, -0.25) is 0 Å². The summed E-state index contributed by atoms with van der Waals surface area (Å²) in [6, 6.07) is -0.482. The topological polar surface area (TPSA) is 113 Å². The summed E-state index contributed by atoms with van der Waals surface area (Å²) in [5.74, 6) is 0.366. The van der Waals surface area contributed by atoms with Gasteiger partial charge < -0.3 is 5.32 Å². The van der Waals surface area contributed by atoms with Crippen molar-refractivity contribution in [1.82, 2.24) is 30.7 Å². The molecule has 0 fully saturated rings. The molecule has 9 heteroatoms. The van der Waals surface area contributed by atoms with Gasteiger partial charge in [0.2, 0.25) is 10.0 Å². The van der Waals surface area contributed by atoms with E-state index in [0.717, 1.165) is 13.0 Å². The predicted molar refractivity (Wildman–Crippen MR) is 62.7 cm³/mol. The van der Waals surface area contributed by atoms with Crippen LogP contribution in [0, 0.1) is 0 Å². The standard InChI is InChI=1S/C8H18N6O2S/c1-3-4-9-5-6-17(15,16)12-7(2)8-10-13-14-11-8/h7,9,12H,3-6H2,1-2H3,(H,10,11,13,14). The third-order valence-corrected chi connectivity index (χ3v) is 3.53. The molecule has 1 aromatic rings. The van der Waals surface area contributed by atoms with Gasteiger partial charge >= 0.3 is 0 Å². The molecule has 0 aliphatic rings. The highest BCUT2D eigenvalue weighted by Crippen LogP contribution is 2.05. The van der Waals surface area contributed by atoms with Crippen molar-refractivity contribution >= 4 is 10.0 Å². The molecule has 3 N–H and O–H groups in total. The van der Waals surface area contributed by atoms with Gasteiger partial charge in [-0.15, -0.1) is 10.2 Å². The molecule has 0 spiro atoms. The highest BCUT2D eigenvalue weighted by atomic mass is 32.2. The lowest BCUT2D eigenvalue weighted by Gasteiger charge is -2.10. The summed E-state index contributed by atoms with van der Waals surface area (Å²) in [7, 11) is -3.32. The van der Waals surface area contributed by atoms with Crippen LogP contribution in [0.2, 0.25) is 0 Å². The summed E-state index contributed by atoms with van der Waals surface area (Å²) >= 11 is 0. The van der Waals surface area contributed by atoms with E-state index in [9.17, 15) is 8.42 Å². The summed E-state index contributed by atoms with van der Waals surface area (Å²) in [6.45, 7) is 4.94. The van der Waals surface area contributed by atoms with E-state index in [2.05, 4.69) is 30.7 Å². The van der Waals surface area contributed by atoms with Crippen LogP contribution in [0.1, 0.15) is 32.1 Å². The number of aromatic nitrogens is 4. The summed E-state index contributed by atoms with van der Waals surface area (Å²) in [4.78, 5) is 0. The number of hydrogen-bond acceptors (Lipinski definition) is 6. The van der Waals surface area contributed by atoms with Gasteiger partial charge in [0.1, 0.15) is 0 Å². The molecule has 0 aliphatic carbocycles. The molecular formula is C8H18N6O2S. The summed E-state index contributed by atoms with van der Waals surface area (Å²) < 4.78 is 25.8. The molecule has 17 heavy (non-hydrogen) atoms. The molecule has 1 rings (SSSR count). The van der Waals surface area contributed by atoms with Gasteiger partial charge in [0.25, 0.3) is 0 Å². The van der Waals surface area contributed by atoms with Crippen LogP contribution < -0.4 is 10.0 Å². The van der Waals surface area contributed by atoms with Gasteiger partial charge in [0, 0.05) is 6.54 Å². The van der Waals surface area contributed by atoms with Crippen LogP contribution in [-0.2, 0) is 10.0 Å². The first-order valence-corrected chi connectivity index (χ1v) is 7.14. The molecule has 0 bridgehead atoms. The third kappa shape index (κ3) is 5.20.